The van der Waals surface area contributed by atoms with Crippen molar-refractivity contribution in [1.29, 1.82) is 0 Å². The third-order valence-corrected chi connectivity index (χ3v) is 5.76. The molecule has 0 aromatic carbocycles. The van der Waals surface area contributed by atoms with Crippen LogP contribution in [0.2, 0.25) is 0 Å². The van der Waals surface area contributed by atoms with Gasteiger partial charge in [-0.2, -0.15) is 0 Å². The molecule has 0 bridgehead atoms. The summed E-state index contributed by atoms with van der Waals surface area (Å²) in [5.41, 5.74) is 2.25. The molecule has 1 aliphatic heterocycles. The van der Waals surface area contributed by atoms with Crippen molar-refractivity contribution in [2.24, 2.45) is 0 Å². The zero-order valence-electron chi connectivity index (χ0n) is 14.6. The van der Waals surface area contributed by atoms with Gasteiger partial charge in [-0.25, -0.2) is 0 Å². The van der Waals surface area contributed by atoms with Gasteiger partial charge in [0.1, 0.15) is 0 Å². The Balaban J connectivity index is 1.91. The number of nitrogens with zero attached hydrogens (tertiary/aromatic N) is 3. The third-order valence-electron chi connectivity index (χ3n) is 4.61. The van der Waals surface area contributed by atoms with E-state index < -0.39 is 0 Å². The van der Waals surface area contributed by atoms with Crippen LogP contribution in [0.15, 0.2) is 18.3 Å². The highest BCUT2D eigenvalue weighted by molar-refractivity contribution is 7.21. The van der Waals surface area contributed by atoms with Crippen LogP contribution < -0.4 is 0 Å². The second-order valence-corrected chi connectivity index (χ2v) is 8.64. The maximum absolute atomic E-state index is 12.8. The van der Waals surface area contributed by atoms with Crippen molar-refractivity contribution in [2.45, 2.75) is 38.6 Å². The Hall–Kier alpha value is -1.46. The van der Waals surface area contributed by atoms with Gasteiger partial charge in [-0.3, -0.25) is 9.78 Å². The van der Waals surface area contributed by atoms with E-state index in [4.69, 9.17) is 0 Å². The molecule has 0 N–H and O–H groups in total. The topological polar surface area (TPSA) is 36.4 Å². The Morgan fingerprint density at radius 1 is 1.39 bits per heavy atom. The monoisotopic (exact) mass is 331 g/mol. The molecule has 3 heterocycles. The van der Waals surface area contributed by atoms with Crippen molar-refractivity contribution in [3.8, 4) is 0 Å². The first-order valence-corrected chi connectivity index (χ1v) is 8.94. The van der Waals surface area contributed by atoms with Crippen LogP contribution in [0.25, 0.3) is 10.2 Å². The van der Waals surface area contributed by atoms with Crippen LogP contribution in [0.1, 0.15) is 42.4 Å². The quantitative estimate of drug-likeness (QED) is 0.846. The second kappa shape index (κ2) is 5.87. The zero-order chi connectivity index (χ0) is 16.8. The molecule has 4 nitrogen and oxygen atoms in total. The number of thiophene rings is 1. The van der Waals surface area contributed by atoms with Crippen molar-refractivity contribution in [2.75, 3.05) is 27.2 Å². The summed E-state index contributed by atoms with van der Waals surface area (Å²) in [7, 11) is 4.16. The van der Waals surface area contributed by atoms with Crippen molar-refractivity contribution in [1.82, 2.24) is 14.8 Å². The van der Waals surface area contributed by atoms with E-state index in [1.165, 1.54) is 5.56 Å². The number of rotatable bonds is 2. The van der Waals surface area contributed by atoms with Crippen LogP contribution in [0.4, 0.5) is 0 Å². The van der Waals surface area contributed by atoms with E-state index in [1.807, 2.05) is 17.2 Å². The van der Waals surface area contributed by atoms with Crippen LogP contribution in [0, 0.1) is 0 Å². The van der Waals surface area contributed by atoms with Crippen LogP contribution in [-0.2, 0) is 5.41 Å². The van der Waals surface area contributed by atoms with Gasteiger partial charge in [0.15, 0.2) is 0 Å². The van der Waals surface area contributed by atoms with Gasteiger partial charge < -0.3 is 9.80 Å². The first kappa shape index (κ1) is 16.4. The van der Waals surface area contributed by atoms with Gasteiger partial charge in [-0.05, 0) is 43.6 Å². The van der Waals surface area contributed by atoms with E-state index in [2.05, 4.69) is 50.8 Å². The van der Waals surface area contributed by atoms with Crippen molar-refractivity contribution < 1.29 is 4.79 Å². The predicted octanol–water partition coefficient (Wildman–Crippen LogP) is 3.37. The smallest absolute Gasteiger partial charge is 0.264 e. The fourth-order valence-electron chi connectivity index (χ4n) is 3.14. The maximum atomic E-state index is 12.8. The molecule has 1 saturated heterocycles. The molecule has 1 atom stereocenters. The van der Waals surface area contributed by atoms with Gasteiger partial charge in [0.2, 0.25) is 0 Å². The Kier molecular flexibility index (Phi) is 4.19. The van der Waals surface area contributed by atoms with Crippen molar-refractivity contribution >= 4 is 27.5 Å². The van der Waals surface area contributed by atoms with E-state index in [-0.39, 0.29) is 11.3 Å². The molecule has 23 heavy (non-hydrogen) atoms. The number of likely N-dealkylation sites (N-methyl/N-ethyl adjacent to an activating group) is 1. The fraction of sp³-hybridized carbons (Fsp3) is 0.556. The number of hydrogen-bond donors (Lipinski definition) is 0. The van der Waals surface area contributed by atoms with E-state index in [0.29, 0.717) is 6.04 Å². The molecular formula is C18H25N3OS. The van der Waals surface area contributed by atoms with Gasteiger partial charge in [-0.15, -0.1) is 11.3 Å². The van der Waals surface area contributed by atoms with Crippen molar-refractivity contribution in [3.63, 3.8) is 0 Å². The number of likely N-dealkylation sites (tertiary alicyclic amines) is 1. The molecular weight excluding hydrogens is 306 g/mol. The number of hydrogen-bond acceptors (Lipinski definition) is 4. The zero-order valence-corrected chi connectivity index (χ0v) is 15.4. The molecule has 0 spiro atoms. The Morgan fingerprint density at radius 2 is 2.13 bits per heavy atom. The van der Waals surface area contributed by atoms with Gasteiger partial charge in [0, 0.05) is 25.3 Å². The minimum absolute atomic E-state index is 0.0516. The van der Waals surface area contributed by atoms with Gasteiger partial charge in [0.05, 0.1) is 15.1 Å². The lowest BCUT2D eigenvalue weighted by molar-refractivity contribution is 0.0788. The number of carbonyl (C=O) groups excluding carboxylic acids is 1. The summed E-state index contributed by atoms with van der Waals surface area (Å²) in [5, 5.41) is 0. The van der Waals surface area contributed by atoms with Crippen LogP contribution in [0.5, 0.6) is 0 Å². The highest BCUT2D eigenvalue weighted by Crippen LogP contribution is 2.35. The summed E-state index contributed by atoms with van der Waals surface area (Å²) in [6.45, 7) is 8.26. The maximum Gasteiger partial charge on any atom is 0.264 e. The SMILES string of the molecule is CN(C)[C@@H]1CCN(C(=O)c2cc3nccc(C(C)(C)C)c3s2)C1. The molecule has 0 unspecified atom stereocenters. The minimum Gasteiger partial charge on any atom is -0.336 e. The summed E-state index contributed by atoms with van der Waals surface area (Å²) >= 11 is 1.59. The average molecular weight is 331 g/mol. The number of carbonyl (C=O) groups is 1. The molecule has 3 rings (SSSR count). The first-order chi connectivity index (χ1) is 10.8. The Labute approximate surface area is 142 Å². The predicted molar refractivity (Wildman–Crippen MR) is 96.3 cm³/mol. The average Bonchev–Trinajstić information content (AvgIpc) is 3.11. The summed E-state index contributed by atoms with van der Waals surface area (Å²) in [6, 6.07) is 4.50. The molecule has 0 aliphatic carbocycles. The van der Waals surface area contributed by atoms with Crippen LogP contribution >= 0.6 is 11.3 Å². The largest absolute Gasteiger partial charge is 0.336 e. The summed E-state index contributed by atoms with van der Waals surface area (Å²) < 4.78 is 1.15. The second-order valence-electron chi connectivity index (χ2n) is 7.59. The van der Waals surface area contributed by atoms with E-state index >= 15 is 0 Å². The lowest BCUT2D eigenvalue weighted by Crippen LogP contribution is -2.34. The van der Waals surface area contributed by atoms with E-state index in [9.17, 15) is 4.79 Å². The standard InChI is InChI=1S/C18H25N3OS/c1-18(2,3)13-6-8-19-14-10-15(23-16(13)14)17(22)21-9-7-12(11-21)20(4)5/h6,8,10,12H,7,9,11H2,1-5H3/t12-/m1/s1. The fourth-order valence-corrected chi connectivity index (χ4v) is 4.44. The molecule has 2 aromatic rings. The Bertz CT molecular complexity index is 729. The van der Waals surface area contributed by atoms with Gasteiger partial charge in [0.25, 0.3) is 5.91 Å². The molecule has 0 saturated carbocycles. The van der Waals surface area contributed by atoms with Crippen LogP contribution in [0.3, 0.4) is 0 Å². The lowest BCUT2D eigenvalue weighted by Gasteiger charge is -2.20. The molecule has 2 aromatic heterocycles. The highest BCUT2D eigenvalue weighted by atomic mass is 32.1. The summed E-state index contributed by atoms with van der Waals surface area (Å²) in [6.07, 6.45) is 2.90. The number of pyridine rings is 1. The third kappa shape index (κ3) is 3.12. The molecule has 1 amide bonds. The highest BCUT2D eigenvalue weighted by Gasteiger charge is 2.29. The molecule has 1 fully saturated rings. The molecule has 5 heteroatoms. The van der Waals surface area contributed by atoms with Crippen molar-refractivity contribution in [3.05, 3.63) is 28.8 Å². The minimum atomic E-state index is 0.0516. The lowest BCUT2D eigenvalue weighted by atomic mass is 9.87. The van der Waals surface area contributed by atoms with Crippen LogP contribution in [-0.4, -0.2) is 53.9 Å². The number of aromatic nitrogens is 1. The van der Waals surface area contributed by atoms with E-state index in [1.54, 1.807) is 11.3 Å². The molecule has 124 valence electrons. The Morgan fingerprint density at radius 3 is 2.74 bits per heavy atom. The first-order valence-electron chi connectivity index (χ1n) is 8.12. The van der Waals surface area contributed by atoms with Gasteiger partial charge >= 0.3 is 0 Å². The summed E-state index contributed by atoms with van der Waals surface area (Å²) in [5.74, 6) is 0.150. The molecule has 1 aliphatic rings. The normalized spacial score (nSPS) is 19.0. The van der Waals surface area contributed by atoms with Gasteiger partial charge in [-0.1, -0.05) is 20.8 Å². The van der Waals surface area contributed by atoms with E-state index in [0.717, 1.165) is 34.6 Å². The number of amides is 1. The summed E-state index contributed by atoms with van der Waals surface area (Å²) in [4.78, 5) is 22.3. The molecule has 0 radical (unpaired) electrons. The number of fused-ring (bicyclic) bond motifs is 1.